The Kier molecular flexibility index (Phi) is 4.09. The van der Waals surface area contributed by atoms with Crippen LogP contribution in [0.5, 0.6) is 5.88 Å². The molecule has 0 radical (unpaired) electrons. The summed E-state index contributed by atoms with van der Waals surface area (Å²) in [5.74, 6) is 1.11. The lowest BCUT2D eigenvalue weighted by atomic mass is 10.3. The lowest BCUT2D eigenvalue weighted by Crippen LogP contribution is -2.31. The van der Waals surface area contributed by atoms with E-state index < -0.39 is 0 Å². The zero-order valence-corrected chi connectivity index (χ0v) is 13.4. The van der Waals surface area contributed by atoms with Gasteiger partial charge in [0.1, 0.15) is 6.10 Å². The van der Waals surface area contributed by atoms with Gasteiger partial charge in [-0.25, -0.2) is 0 Å². The molecule has 3 heterocycles. The maximum atomic E-state index is 12.3. The molecule has 122 valence electrons. The average molecular weight is 317 g/mol. The van der Waals surface area contributed by atoms with Crippen molar-refractivity contribution in [3.63, 3.8) is 0 Å². The molecule has 2 aromatic heterocycles. The Morgan fingerprint density at radius 1 is 1.30 bits per heavy atom. The first-order chi connectivity index (χ1) is 11.0. The molecule has 3 rings (SSSR count). The zero-order chi connectivity index (χ0) is 16.4. The predicted molar refractivity (Wildman–Crippen MR) is 82.3 cm³/mol. The molecule has 9 heteroatoms. The fraction of sp³-hybridized carbons (Fsp3) is 0.500. The van der Waals surface area contributed by atoms with E-state index in [2.05, 4.69) is 20.5 Å². The van der Waals surface area contributed by atoms with Crippen molar-refractivity contribution >= 4 is 11.7 Å². The second kappa shape index (κ2) is 6.19. The summed E-state index contributed by atoms with van der Waals surface area (Å²) < 4.78 is 7.32. The number of aryl methyl sites for hydroxylation is 1. The van der Waals surface area contributed by atoms with Crippen molar-refractivity contribution in [2.75, 3.05) is 32.1 Å². The summed E-state index contributed by atoms with van der Waals surface area (Å²) in [6.45, 7) is 1.13. The Hall–Kier alpha value is -2.71. The first kappa shape index (κ1) is 15.2. The van der Waals surface area contributed by atoms with Gasteiger partial charge < -0.3 is 14.5 Å². The summed E-state index contributed by atoms with van der Waals surface area (Å²) in [6, 6.07) is 3.63. The van der Waals surface area contributed by atoms with E-state index in [1.807, 2.05) is 25.1 Å². The molecule has 1 unspecified atom stereocenters. The molecule has 1 fully saturated rings. The van der Waals surface area contributed by atoms with Crippen LogP contribution in [-0.2, 0) is 7.05 Å². The number of amides is 1. The number of hydrogen-bond acceptors (Lipinski definition) is 7. The third-order valence-electron chi connectivity index (χ3n) is 3.63. The molecule has 0 spiro atoms. The van der Waals surface area contributed by atoms with E-state index in [4.69, 9.17) is 4.74 Å². The van der Waals surface area contributed by atoms with Gasteiger partial charge in [0.15, 0.2) is 11.5 Å². The number of anilines is 1. The van der Waals surface area contributed by atoms with E-state index in [1.165, 1.54) is 4.68 Å². The second-order valence-corrected chi connectivity index (χ2v) is 5.68. The predicted octanol–water partition coefficient (Wildman–Crippen LogP) is -0.0354. The number of likely N-dealkylation sites (tertiary alicyclic amines) is 1. The molecule has 0 N–H and O–H groups in total. The van der Waals surface area contributed by atoms with Gasteiger partial charge in [-0.1, -0.05) is 5.21 Å². The summed E-state index contributed by atoms with van der Waals surface area (Å²) >= 11 is 0. The van der Waals surface area contributed by atoms with E-state index in [-0.39, 0.29) is 12.0 Å². The maximum absolute atomic E-state index is 12.3. The molecule has 23 heavy (non-hydrogen) atoms. The Morgan fingerprint density at radius 3 is 2.74 bits per heavy atom. The summed E-state index contributed by atoms with van der Waals surface area (Å²) in [5.41, 5.74) is 0.350. The molecule has 1 atom stereocenters. The molecule has 9 nitrogen and oxygen atoms in total. The van der Waals surface area contributed by atoms with E-state index in [9.17, 15) is 4.79 Å². The number of carbonyl (C=O) groups excluding carboxylic acids is 1. The molecule has 1 aliphatic rings. The van der Waals surface area contributed by atoms with E-state index in [1.54, 1.807) is 24.2 Å². The number of ether oxygens (including phenoxy) is 1. The Bertz CT molecular complexity index is 683. The average Bonchev–Trinajstić information content (AvgIpc) is 3.16. The van der Waals surface area contributed by atoms with Crippen LogP contribution >= 0.6 is 0 Å². The van der Waals surface area contributed by atoms with E-state index in [0.717, 1.165) is 12.2 Å². The van der Waals surface area contributed by atoms with Crippen LogP contribution in [0.3, 0.4) is 0 Å². The van der Waals surface area contributed by atoms with Crippen LogP contribution in [0.25, 0.3) is 0 Å². The summed E-state index contributed by atoms with van der Waals surface area (Å²) in [7, 11) is 5.53. The molecule has 0 bridgehead atoms. The van der Waals surface area contributed by atoms with E-state index in [0.29, 0.717) is 24.7 Å². The topological polar surface area (TPSA) is 89.3 Å². The summed E-state index contributed by atoms with van der Waals surface area (Å²) in [5, 5.41) is 15.8. The fourth-order valence-electron chi connectivity index (χ4n) is 2.40. The molecular formula is C14H19N7O2. The molecule has 0 saturated carbocycles. The van der Waals surface area contributed by atoms with Gasteiger partial charge >= 0.3 is 0 Å². The van der Waals surface area contributed by atoms with Crippen LogP contribution in [0.2, 0.25) is 0 Å². The highest BCUT2D eigenvalue weighted by atomic mass is 16.5. The highest BCUT2D eigenvalue weighted by Crippen LogP contribution is 2.18. The molecule has 1 amide bonds. The SMILES string of the molecule is CN(C)c1ccc(OC2CCN(C(=O)c3cn(C)nn3)C2)nn1. The van der Waals surface area contributed by atoms with Crippen LogP contribution in [-0.4, -0.2) is 69.3 Å². The minimum Gasteiger partial charge on any atom is -0.471 e. The van der Waals surface area contributed by atoms with Crippen LogP contribution in [0.1, 0.15) is 16.9 Å². The Morgan fingerprint density at radius 2 is 2.13 bits per heavy atom. The van der Waals surface area contributed by atoms with Crippen molar-refractivity contribution in [3.05, 3.63) is 24.0 Å². The molecule has 1 aliphatic heterocycles. The van der Waals surface area contributed by atoms with Crippen LogP contribution in [0.4, 0.5) is 5.82 Å². The van der Waals surface area contributed by atoms with Crippen LogP contribution < -0.4 is 9.64 Å². The van der Waals surface area contributed by atoms with Gasteiger partial charge in [0, 0.05) is 40.2 Å². The largest absolute Gasteiger partial charge is 0.471 e. The standard InChI is InChI=1S/C14H19N7O2/c1-19(2)12-4-5-13(17-16-12)23-10-6-7-21(8-10)14(22)11-9-20(3)18-15-11/h4-5,9-10H,6-8H2,1-3H3. The summed E-state index contributed by atoms with van der Waals surface area (Å²) in [6.07, 6.45) is 2.28. The number of hydrogen-bond donors (Lipinski definition) is 0. The smallest absolute Gasteiger partial charge is 0.276 e. The summed E-state index contributed by atoms with van der Waals surface area (Å²) in [4.78, 5) is 15.9. The Labute approximate surface area is 133 Å². The fourth-order valence-corrected chi connectivity index (χ4v) is 2.40. The first-order valence-electron chi connectivity index (χ1n) is 7.36. The molecule has 1 saturated heterocycles. The minimum absolute atomic E-state index is 0.0878. The van der Waals surface area contributed by atoms with Crippen LogP contribution in [0, 0.1) is 0 Å². The van der Waals surface area contributed by atoms with Crippen molar-refractivity contribution in [3.8, 4) is 5.88 Å². The Balaban J connectivity index is 1.58. The lowest BCUT2D eigenvalue weighted by molar-refractivity contribution is 0.0765. The minimum atomic E-state index is -0.127. The highest BCUT2D eigenvalue weighted by molar-refractivity contribution is 5.92. The van der Waals surface area contributed by atoms with Crippen molar-refractivity contribution in [1.29, 1.82) is 0 Å². The normalized spacial score (nSPS) is 17.3. The number of aromatic nitrogens is 5. The molecule has 0 aromatic carbocycles. The van der Waals surface area contributed by atoms with Gasteiger partial charge in [-0.2, -0.15) is 0 Å². The van der Waals surface area contributed by atoms with Crippen LogP contribution in [0.15, 0.2) is 18.3 Å². The number of rotatable bonds is 4. The monoisotopic (exact) mass is 317 g/mol. The van der Waals surface area contributed by atoms with Crippen molar-refractivity contribution in [2.24, 2.45) is 7.05 Å². The van der Waals surface area contributed by atoms with Gasteiger partial charge in [-0.05, 0) is 6.07 Å². The van der Waals surface area contributed by atoms with Crippen molar-refractivity contribution in [1.82, 2.24) is 30.1 Å². The zero-order valence-electron chi connectivity index (χ0n) is 13.4. The second-order valence-electron chi connectivity index (χ2n) is 5.68. The third kappa shape index (κ3) is 3.38. The van der Waals surface area contributed by atoms with E-state index >= 15 is 0 Å². The van der Waals surface area contributed by atoms with Crippen molar-refractivity contribution in [2.45, 2.75) is 12.5 Å². The van der Waals surface area contributed by atoms with Gasteiger partial charge in [0.2, 0.25) is 5.88 Å². The van der Waals surface area contributed by atoms with Gasteiger partial charge in [0.05, 0.1) is 12.7 Å². The number of nitrogens with zero attached hydrogens (tertiary/aromatic N) is 7. The lowest BCUT2D eigenvalue weighted by Gasteiger charge is -2.16. The molecule has 0 aliphatic carbocycles. The highest BCUT2D eigenvalue weighted by Gasteiger charge is 2.29. The van der Waals surface area contributed by atoms with Gasteiger partial charge in [-0.3, -0.25) is 9.48 Å². The molecular weight excluding hydrogens is 298 g/mol. The number of carbonyl (C=O) groups is 1. The maximum Gasteiger partial charge on any atom is 0.276 e. The first-order valence-corrected chi connectivity index (χ1v) is 7.36. The third-order valence-corrected chi connectivity index (χ3v) is 3.63. The molecule has 2 aromatic rings. The van der Waals surface area contributed by atoms with Crippen molar-refractivity contribution < 1.29 is 9.53 Å². The quantitative estimate of drug-likeness (QED) is 0.782. The van der Waals surface area contributed by atoms with Gasteiger partial charge in [0.25, 0.3) is 5.91 Å². The van der Waals surface area contributed by atoms with Gasteiger partial charge in [-0.15, -0.1) is 15.3 Å².